The van der Waals surface area contributed by atoms with E-state index < -0.39 is 0 Å². The molecule has 1 aromatic heterocycles. The largest absolute Gasteiger partial charge is 0.396 e. The zero-order valence-corrected chi connectivity index (χ0v) is 13.6. The Morgan fingerprint density at radius 2 is 1.83 bits per heavy atom. The standard InChI is InChI=1S/C20H21N3O/c24-12-11-17-10-9-15-5-1-4-8-20(15)23(17)14-16-13-21-18-6-2-3-7-19(18)22-16/h1-8,13,17,24H,9-12,14H2. The lowest BCUT2D eigenvalue weighted by molar-refractivity contribution is 0.267. The Morgan fingerprint density at radius 1 is 1.04 bits per heavy atom. The highest BCUT2D eigenvalue weighted by Gasteiger charge is 2.26. The predicted molar refractivity (Wildman–Crippen MR) is 96.0 cm³/mol. The van der Waals surface area contributed by atoms with Crippen LogP contribution in [0.4, 0.5) is 5.69 Å². The van der Waals surface area contributed by atoms with Gasteiger partial charge in [-0.25, -0.2) is 4.98 Å². The number of aliphatic hydroxyl groups excluding tert-OH is 1. The van der Waals surface area contributed by atoms with Gasteiger partial charge in [-0.05, 0) is 43.0 Å². The Labute approximate surface area is 141 Å². The van der Waals surface area contributed by atoms with Crippen LogP contribution in [0.3, 0.4) is 0 Å². The summed E-state index contributed by atoms with van der Waals surface area (Å²) in [5.41, 5.74) is 5.46. The first-order chi connectivity index (χ1) is 11.8. The van der Waals surface area contributed by atoms with E-state index in [0.29, 0.717) is 6.04 Å². The van der Waals surface area contributed by atoms with Crippen molar-refractivity contribution in [2.75, 3.05) is 11.5 Å². The molecule has 0 radical (unpaired) electrons. The van der Waals surface area contributed by atoms with E-state index in [-0.39, 0.29) is 6.61 Å². The summed E-state index contributed by atoms with van der Waals surface area (Å²) in [5, 5.41) is 9.44. The van der Waals surface area contributed by atoms with E-state index >= 15 is 0 Å². The van der Waals surface area contributed by atoms with Crippen molar-refractivity contribution in [1.82, 2.24) is 9.97 Å². The van der Waals surface area contributed by atoms with Crippen molar-refractivity contribution in [3.05, 3.63) is 66.0 Å². The summed E-state index contributed by atoms with van der Waals surface area (Å²) in [7, 11) is 0. The number of hydrogen-bond acceptors (Lipinski definition) is 4. The molecule has 4 rings (SSSR count). The number of para-hydroxylation sites is 3. The lowest BCUT2D eigenvalue weighted by atomic mass is 9.94. The van der Waals surface area contributed by atoms with Crippen molar-refractivity contribution in [3.63, 3.8) is 0 Å². The zero-order chi connectivity index (χ0) is 16.4. The number of aliphatic hydroxyl groups is 1. The van der Waals surface area contributed by atoms with Crippen LogP contribution < -0.4 is 4.90 Å². The zero-order valence-electron chi connectivity index (χ0n) is 13.6. The molecule has 4 nitrogen and oxygen atoms in total. The average molecular weight is 319 g/mol. The van der Waals surface area contributed by atoms with E-state index in [2.05, 4.69) is 34.1 Å². The second-order valence-electron chi connectivity index (χ2n) is 6.31. The third kappa shape index (κ3) is 2.85. The Kier molecular flexibility index (Phi) is 4.13. The quantitative estimate of drug-likeness (QED) is 0.801. The molecular formula is C20H21N3O. The minimum Gasteiger partial charge on any atom is -0.396 e. The van der Waals surface area contributed by atoms with E-state index in [4.69, 9.17) is 4.98 Å². The molecule has 0 fully saturated rings. The molecule has 122 valence electrons. The maximum Gasteiger partial charge on any atom is 0.0890 e. The highest BCUT2D eigenvalue weighted by atomic mass is 16.3. The van der Waals surface area contributed by atoms with Gasteiger partial charge in [-0.1, -0.05) is 30.3 Å². The van der Waals surface area contributed by atoms with Gasteiger partial charge in [0, 0.05) is 18.3 Å². The van der Waals surface area contributed by atoms with Gasteiger partial charge in [0.15, 0.2) is 0 Å². The predicted octanol–water partition coefficient (Wildman–Crippen LogP) is 3.33. The van der Waals surface area contributed by atoms with Gasteiger partial charge < -0.3 is 10.0 Å². The van der Waals surface area contributed by atoms with Crippen LogP contribution in [0.5, 0.6) is 0 Å². The molecule has 0 amide bonds. The number of fused-ring (bicyclic) bond motifs is 2. The summed E-state index contributed by atoms with van der Waals surface area (Å²) in [5.74, 6) is 0. The normalized spacial score (nSPS) is 17.0. The van der Waals surface area contributed by atoms with Crippen LogP contribution in [0.15, 0.2) is 54.7 Å². The Balaban J connectivity index is 1.68. The van der Waals surface area contributed by atoms with Crippen LogP contribution in [0.25, 0.3) is 11.0 Å². The van der Waals surface area contributed by atoms with Crippen LogP contribution in [0, 0.1) is 0 Å². The first-order valence-corrected chi connectivity index (χ1v) is 8.51. The molecule has 2 heterocycles. The summed E-state index contributed by atoms with van der Waals surface area (Å²) in [6.45, 7) is 0.937. The summed E-state index contributed by atoms with van der Waals surface area (Å²) in [4.78, 5) is 11.7. The number of aromatic nitrogens is 2. The Morgan fingerprint density at radius 3 is 2.71 bits per heavy atom. The molecule has 0 aliphatic carbocycles. The van der Waals surface area contributed by atoms with Gasteiger partial charge in [-0.15, -0.1) is 0 Å². The Bertz CT molecular complexity index is 849. The van der Waals surface area contributed by atoms with Gasteiger partial charge in [0.05, 0.1) is 29.5 Å². The molecule has 24 heavy (non-hydrogen) atoms. The van der Waals surface area contributed by atoms with Crippen LogP contribution in [-0.4, -0.2) is 27.7 Å². The smallest absolute Gasteiger partial charge is 0.0890 e. The van der Waals surface area contributed by atoms with Gasteiger partial charge in [0.2, 0.25) is 0 Å². The molecule has 0 saturated carbocycles. The van der Waals surface area contributed by atoms with E-state index in [1.165, 1.54) is 11.3 Å². The molecule has 1 aliphatic heterocycles. The minimum atomic E-state index is 0.215. The third-order valence-corrected chi connectivity index (χ3v) is 4.78. The van der Waals surface area contributed by atoms with Gasteiger partial charge in [-0.3, -0.25) is 4.98 Å². The minimum absolute atomic E-state index is 0.215. The molecule has 3 aromatic rings. The van der Waals surface area contributed by atoms with E-state index in [9.17, 15) is 5.11 Å². The molecular weight excluding hydrogens is 298 g/mol. The number of hydrogen-bond donors (Lipinski definition) is 1. The number of nitrogens with zero attached hydrogens (tertiary/aromatic N) is 3. The number of aryl methyl sites for hydroxylation is 1. The summed E-state index contributed by atoms with van der Waals surface area (Å²) >= 11 is 0. The van der Waals surface area contributed by atoms with E-state index in [1.807, 2.05) is 30.5 Å². The van der Waals surface area contributed by atoms with Crippen LogP contribution in [-0.2, 0) is 13.0 Å². The van der Waals surface area contributed by atoms with Crippen molar-refractivity contribution >= 4 is 16.7 Å². The molecule has 4 heteroatoms. The first kappa shape index (κ1) is 15.1. The SMILES string of the molecule is OCCC1CCc2ccccc2N1Cc1cnc2ccccc2n1. The van der Waals surface area contributed by atoms with Crippen LogP contribution in [0.1, 0.15) is 24.1 Å². The van der Waals surface area contributed by atoms with Crippen molar-refractivity contribution in [2.24, 2.45) is 0 Å². The fraction of sp³-hybridized carbons (Fsp3) is 0.300. The lowest BCUT2D eigenvalue weighted by Gasteiger charge is -2.38. The highest BCUT2D eigenvalue weighted by Crippen LogP contribution is 2.32. The second kappa shape index (κ2) is 6.57. The molecule has 1 unspecified atom stereocenters. The molecule has 2 aromatic carbocycles. The third-order valence-electron chi connectivity index (χ3n) is 4.78. The van der Waals surface area contributed by atoms with Crippen molar-refractivity contribution < 1.29 is 5.11 Å². The molecule has 1 aliphatic rings. The average Bonchev–Trinajstić information content (AvgIpc) is 2.64. The molecule has 1 N–H and O–H groups in total. The fourth-order valence-electron chi connectivity index (χ4n) is 3.59. The molecule has 0 spiro atoms. The van der Waals surface area contributed by atoms with Gasteiger partial charge in [0.1, 0.15) is 0 Å². The number of rotatable bonds is 4. The Hall–Kier alpha value is -2.46. The molecule has 0 saturated heterocycles. The lowest BCUT2D eigenvalue weighted by Crippen LogP contribution is -2.39. The summed E-state index contributed by atoms with van der Waals surface area (Å²) in [6, 6.07) is 16.9. The topological polar surface area (TPSA) is 49.2 Å². The first-order valence-electron chi connectivity index (χ1n) is 8.51. The monoisotopic (exact) mass is 319 g/mol. The van der Waals surface area contributed by atoms with Crippen molar-refractivity contribution in [1.29, 1.82) is 0 Å². The van der Waals surface area contributed by atoms with Crippen LogP contribution >= 0.6 is 0 Å². The number of anilines is 1. The van der Waals surface area contributed by atoms with Crippen molar-refractivity contribution in [3.8, 4) is 0 Å². The van der Waals surface area contributed by atoms with Gasteiger partial charge in [0.25, 0.3) is 0 Å². The van der Waals surface area contributed by atoms with Crippen molar-refractivity contribution in [2.45, 2.75) is 31.8 Å². The summed E-state index contributed by atoms with van der Waals surface area (Å²) in [6.07, 6.45) is 4.80. The maximum absolute atomic E-state index is 9.44. The second-order valence-corrected chi connectivity index (χ2v) is 6.31. The molecule has 0 bridgehead atoms. The van der Waals surface area contributed by atoms with E-state index in [0.717, 1.165) is 42.5 Å². The van der Waals surface area contributed by atoms with Gasteiger partial charge in [-0.2, -0.15) is 0 Å². The maximum atomic E-state index is 9.44. The van der Waals surface area contributed by atoms with Gasteiger partial charge >= 0.3 is 0 Å². The highest BCUT2D eigenvalue weighted by molar-refractivity contribution is 5.73. The fourth-order valence-corrected chi connectivity index (χ4v) is 3.59. The summed E-state index contributed by atoms with van der Waals surface area (Å²) < 4.78 is 0. The van der Waals surface area contributed by atoms with E-state index in [1.54, 1.807) is 0 Å². The molecule has 1 atom stereocenters. The van der Waals surface area contributed by atoms with Crippen LogP contribution in [0.2, 0.25) is 0 Å². The number of benzene rings is 2.